The zero-order valence-corrected chi connectivity index (χ0v) is 19.0. The SMILES string of the molecule is CCOc1ccc(C(O)=C2C(=O)C(=O)N(Cc3cccnc3)[C@@H]2c2ccc(C)cc2)cc1Cl. The van der Waals surface area contributed by atoms with Crippen molar-refractivity contribution < 1.29 is 19.4 Å². The van der Waals surface area contributed by atoms with Gasteiger partial charge in [-0.15, -0.1) is 0 Å². The highest BCUT2D eigenvalue weighted by atomic mass is 35.5. The summed E-state index contributed by atoms with van der Waals surface area (Å²) >= 11 is 6.30. The zero-order chi connectivity index (χ0) is 23.5. The molecule has 33 heavy (non-hydrogen) atoms. The van der Waals surface area contributed by atoms with Crippen molar-refractivity contribution in [3.05, 3.63) is 99.8 Å². The number of aromatic nitrogens is 1. The number of pyridine rings is 1. The van der Waals surface area contributed by atoms with E-state index < -0.39 is 17.7 Å². The van der Waals surface area contributed by atoms with Gasteiger partial charge in [0.2, 0.25) is 0 Å². The van der Waals surface area contributed by atoms with E-state index >= 15 is 0 Å². The molecule has 4 rings (SSSR count). The largest absolute Gasteiger partial charge is 0.507 e. The van der Waals surface area contributed by atoms with E-state index in [0.717, 1.165) is 16.7 Å². The lowest BCUT2D eigenvalue weighted by atomic mass is 9.94. The van der Waals surface area contributed by atoms with Gasteiger partial charge in [0.1, 0.15) is 11.5 Å². The van der Waals surface area contributed by atoms with Gasteiger partial charge >= 0.3 is 0 Å². The van der Waals surface area contributed by atoms with Gasteiger partial charge in [0, 0.05) is 24.5 Å². The number of nitrogens with zero attached hydrogens (tertiary/aromatic N) is 2. The predicted octanol–water partition coefficient (Wildman–Crippen LogP) is 5.06. The lowest BCUT2D eigenvalue weighted by Gasteiger charge is -2.25. The van der Waals surface area contributed by atoms with Gasteiger partial charge in [-0.3, -0.25) is 14.6 Å². The number of carbonyl (C=O) groups is 2. The van der Waals surface area contributed by atoms with Gasteiger partial charge in [0.25, 0.3) is 11.7 Å². The average Bonchev–Trinajstić information content (AvgIpc) is 3.06. The molecule has 0 bridgehead atoms. The van der Waals surface area contributed by atoms with Crippen LogP contribution in [0.5, 0.6) is 5.75 Å². The van der Waals surface area contributed by atoms with Crippen LogP contribution in [-0.2, 0) is 16.1 Å². The number of carbonyl (C=O) groups excluding carboxylic acids is 2. The summed E-state index contributed by atoms with van der Waals surface area (Å²) in [6.45, 7) is 4.42. The van der Waals surface area contributed by atoms with Crippen LogP contribution >= 0.6 is 11.6 Å². The number of aliphatic hydroxyl groups is 1. The Bertz CT molecular complexity index is 1220. The highest BCUT2D eigenvalue weighted by Gasteiger charge is 2.46. The number of likely N-dealkylation sites (tertiary alicyclic amines) is 1. The molecule has 0 aliphatic carbocycles. The molecule has 2 aromatic carbocycles. The third-order valence-electron chi connectivity index (χ3n) is 5.51. The summed E-state index contributed by atoms with van der Waals surface area (Å²) in [5, 5.41) is 11.5. The normalized spacial score (nSPS) is 17.4. The molecule has 0 saturated carbocycles. The number of benzene rings is 2. The van der Waals surface area contributed by atoms with Crippen LogP contribution in [0.3, 0.4) is 0 Å². The number of aryl methyl sites for hydroxylation is 1. The number of hydrogen-bond acceptors (Lipinski definition) is 5. The van der Waals surface area contributed by atoms with Crippen LogP contribution in [0, 0.1) is 6.92 Å². The van der Waals surface area contributed by atoms with Crippen LogP contribution in [0.2, 0.25) is 5.02 Å². The number of amides is 1. The molecule has 3 aromatic rings. The highest BCUT2D eigenvalue weighted by molar-refractivity contribution is 6.46. The van der Waals surface area contributed by atoms with Crippen LogP contribution in [0.25, 0.3) is 5.76 Å². The van der Waals surface area contributed by atoms with E-state index in [2.05, 4.69) is 4.98 Å². The van der Waals surface area contributed by atoms with Crippen molar-refractivity contribution in [3.8, 4) is 5.75 Å². The molecule has 1 atom stereocenters. The molecular weight excluding hydrogens is 440 g/mol. The first-order valence-electron chi connectivity index (χ1n) is 10.6. The molecule has 1 N–H and O–H groups in total. The molecule has 0 unspecified atom stereocenters. The first-order valence-corrected chi connectivity index (χ1v) is 10.9. The maximum Gasteiger partial charge on any atom is 0.295 e. The fourth-order valence-corrected chi connectivity index (χ4v) is 4.14. The maximum absolute atomic E-state index is 13.1. The quantitative estimate of drug-likeness (QED) is 0.314. The Morgan fingerprint density at radius 3 is 2.55 bits per heavy atom. The van der Waals surface area contributed by atoms with E-state index in [-0.39, 0.29) is 17.9 Å². The van der Waals surface area contributed by atoms with E-state index in [1.807, 2.05) is 44.2 Å². The molecule has 168 valence electrons. The van der Waals surface area contributed by atoms with Gasteiger partial charge in [0.05, 0.1) is 23.2 Å². The number of ketones is 1. The molecule has 1 saturated heterocycles. The number of aliphatic hydroxyl groups excluding tert-OH is 1. The minimum Gasteiger partial charge on any atom is -0.507 e. The first-order chi connectivity index (χ1) is 15.9. The Kier molecular flexibility index (Phi) is 6.47. The Morgan fingerprint density at radius 1 is 1.15 bits per heavy atom. The van der Waals surface area contributed by atoms with Crippen molar-refractivity contribution in [1.29, 1.82) is 0 Å². The Labute approximate surface area is 197 Å². The Hall–Kier alpha value is -3.64. The second kappa shape index (κ2) is 9.46. The molecule has 1 aliphatic heterocycles. The van der Waals surface area contributed by atoms with Crippen molar-refractivity contribution in [1.82, 2.24) is 9.88 Å². The topological polar surface area (TPSA) is 79.7 Å². The van der Waals surface area contributed by atoms with Gasteiger partial charge in [-0.05, 0) is 49.2 Å². The van der Waals surface area contributed by atoms with E-state index in [1.165, 1.54) is 11.0 Å². The van der Waals surface area contributed by atoms with Gasteiger partial charge in [0.15, 0.2) is 0 Å². The summed E-state index contributed by atoms with van der Waals surface area (Å²) in [4.78, 5) is 31.8. The van der Waals surface area contributed by atoms with Gasteiger partial charge in [-0.1, -0.05) is 47.5 Å². The van der Waals surface area contributed by atoms with Gasteiger partial charge in [-0.2, -0.15) is 0 Å². The first kappa shape index (κ1) is 22.6. The summed E-state index contributed by atoms with van der Waals surface area (Å²) < 4.78 is 5.46. The minimum atomic E-state index is -0.754. The van der Waals surface area contributed by atoms with Crippen LogP contribution in [0.15, 0.2) is 72.6 Å². The smallest absolute Gasteiger partial charge is 0.295 e. The lowest BCUT2D eigenvalue weighted by Crippen LogP contribution is -2.29. The fourth-order valence-electron chi connectivity index (χ4n) is 3.90. The summed E-state index contributed by atoms with van der Waals surface area (Å²) in [5.41, 5.74) is 2.90. The van der Waals surface area contributed by atoms with Gasteiger partial charge < -0.3 is 14.7 Å². The predicted molar refractivity (Wildman–Crippen MR) is 126 cm³/mol. The lowest BCUT2D eigenvalue weighted by molar-refractivity contribution is -0.140. The van der Waals surface area contributed by atoms with Crippen LogP contribution in [0.1, 0.15) is 35.2 Å². The summed E-state index contributed by atoms with van der Waals surface area (Å²) in [6, 6.07) is 15.2. The zero-order valence-electron chi connectivity index (χ0n) is 18.3. The maximum atomic E-state index is 13.1. The second-order valence-electron chi connectivity index (χ2n) is 7.78. The van der Waals surface area contributed by atoms with Crippen molar-refractivity contribution in [2.24, 2.45) is 0 Å². The van der Waals surface area contributed by atoms with Crippen molar-refractivity contribution in [3.63, 3.8) is 0 Å². The molecule has 1 fully saturated rings. The summed E-state index contributed by atoms with van der Waals surface area (Å²) in [7, 11) is 0. The average molecular weight is 463 g/mol. The number of hydrogen-bond donors (Lipinski definition) is 1. The van der Waals surface area contributed by atoms with Crippen LogP contribution < -0.4 is 4.74 Å². The van der Waals surface area contributed by atoms with Crippen LogP contribution in [0.4, 0.5) is 0 Å². The second-order valence-corrected chi connectivity index (χ2v) is 8.18. The number of rotatable bonds is 6. The third-order valence-corrected chi connectivity index (χ3v) is 5.81. The van der Waals surface area contributed by atoms with Crippen LogP contribution in [-0.4, -0.2) is 33.3 Å². The molecule has 0 spiro atoms. The highest BCUT2D eigenvalue weighted by Crippen LogP contribution is 2.41. The number of ether oxygens (including phenoxy) is 1. The molecule has 1 aromatic heterocycles. The molecular formula is C26H23ClN2O4. The Morgan fingerprint density at radius 2 is 1.91 bits per heavy atom. The molecule has 7 heteroatoms. The van der Waals surface area contributed by atoms with Crippen molar-refractivity contribution >= 4 is 29.1 Å². The molecule has 6 nitrogen and oxygen atoms in total. The monoisotopic (exact) mass is 462 g/mol. The summed E-state index contributed by atoms with van der Waals surface area (Å²) in [6.07, 6.45) is 3.29. The standard InChI is InChI=1S/C26H23ClN2O4/c1-3-33-21-11-10-19(13-20(21)27)24(30)22-23(18-8-6-16(2)7-9-18)29(26(32)25(22)31)15-17-5-4-12-28-14-17/h4-14,23,30H,3,15H2,1-2H3/t23-/m1/s1. The fraction of sp³-hybridized carbons (Fsp3) is 0.192. The third kappa shape index (κ3) is 4.47. The summed E-state index contributed by atoms with van der Waals surface area (Å²) in [5.74, 6) is -1.23. The molecule has 0 radical (unpaired) electrons. The minimum absolute atomic E-state index is 0.0213. The van der Waals surface area contributed by atoms with E-state index in [1.54, 1.807) is 30.6 Å². The van der Waals surface area contributed by atoms with Crippen molar-refractivity contribution in [2.45, 2.75) is 26.4 Å². The van der Waals surface area contributed by atoms with E-state index in [9.17, 15) is 14.7 Å². The van der Waals surface area contributed by atoms with Crippen molar-refractivity contribution in [2.75, 3.05) is 6.61 Å². The molecule has 1 amide bonds. The van der Waals surface area contributed by atoms with E-state index in [4.69, 9.17) is 16.3 Å². The number of halogens is 1. The van der Waals surface area contributed by atoms with Gasteiger partial charge in [-0.25, -0.2) is 0 Å². The Balaban J connectivity index is 1.84. The van der Waals surface area contributed by atoms with E-state index in [0.29, 0.717) is 22.9 Å². The molecule has 1 aliphatic rings. The number of Topliss-reactive ketones (excluding diaryl/α,β-unsaturated/α-hetero) is 1. The molecule has 2 heterocycles.